The summed E-state index contributed by atoms with van der Waals surface area (Å²) in [5.74, 6) is 0.235. The van der Waals surface area contributed by atoms with Crippen LogP contribution in [0.15, 0.2) is 11.4 Å². The molecule has 18 heavy (non-hydrogen) atoms. The number of carbonyl (C=O) groups is 1. The molecule has 4 heteroatoms. The van der Waals surface area contributed by atoms with E-state index in [0.29, 0.717) is 6.54 Å². The number of rotatable bonds is 4. The molecule has 1 saturated heterocycles. The van der Waals surface area contributed by atoms with Crippen molar-refractivity contribution in [1.82, 2.24) is 10.6 Å². The molecule has 1 fully saturated rings. The van der Waals surface area contributed by atoms with Crippen molar-refractivity contribution in [3.8, 4) is 0 Å². The van der Waals surface area contributed by atoms with Gasteiger partial charge in [-0.15, -0.1) is 11.3 Å². The maximum absolute atomic E-state index is 12.4. The first-order chi connectivity index (χ1) is 8.68. The molecule has 1 amide bonds. The SMILES string of the molecule is CCC1(C(=O)NCc2sccc2C)CCNCC1. The van der Waals surface area contributed by atoms with Crippen LogP contribution in [0.3, 0.4) is 0 Å². The third-order valence-corrected chi connectivity index (χ3v) is 5.12. The second-order valence-electron chi connectivity index (χ2n) is 5.09. The van der Waals surface area contributed by atoms with Crippen molar-refractivity contribution in [2.45, 2.75) is 39.7 Å². The van der Waals surface area contributed by atoms with E-state index in [0.717, 1.165) is 32.4 Å². The summed E-state index contributed by atoms with van der Waals surface area (Å²) in [7, 11) is 0. The summed E-state index contributed by atoms with van der Waals surface area (Å²) < 4.78 is 0. The van der Waals surface area contributed by atoms with E-state index in [1.165, 1.54) is 10.4 Å². The highest BCUT2D eigenvalue weighted by Crippen LogP contribution is 2.32. The van der Waals surface area contributed by atoms with Crippen molar-refractivity contribution in [2.24, 2.45) is 5.41 Å². The molecule has 0 aliphatic carbocycles. The summed E-state index contributed by atoms with van der Waals surface area (Å²) in [5, 5.41) is 8.54. The van der Waals surface area contributed by atoms with Gasteiger partial charge in [-0.3, -0.25) is 4.79 Å². The van der Waals surface area contributed by atoms with Crippen molar-refractivity contribution in [1.29, 1.82) is 0 Å². The zero-order valence-electron chi connectivity index (χ0n) is 11.2. The fourth-order valence-electron chi connectivity index (χ4n) is 2.58. The summed E-state index contributed by atoms with van der Waals surface area (Å²) in [6.07, 6.45) is 2.85. The number of amides is 1. The van der Waals surface area contributed by atoms with Crippen molar-refractivity contribution in [2.75, 3.05) is 13.1 Å². The number of piperidine rings is 1. The summed E-state index contributed by atoms with van der Waals surface area (Å²) >= 11 is 1.72. The summed E-state index contributed by atoms with van der Waals surface area (Å²) in [6, 6.07) is 2.10. The Morgan fingerprint density at radius 3 is 2.78 bits per heavy atom. The largest absolute Gasteiger partial charge is 0.351 e. The van der Waals surface area contributed by atoms with Gasteiger partial charge in [-0.2, -0.15) is 0 Å². The van der Waals surface area contributed by atoms with Gasteiger partial charge in [0.1, 0.15) is 0 Å². The van der Waals surface area contributed by atoms with Gasteiger partial charge < -0.3 is 10.6 Å². The highest BCUT2D eigenvalue weighted by molar-refractivity contribution is 7.10. The van der Waals surface area contributed by atoms with Gasteiger partial charge in [0.25, 0.3) is 0 Å². The van der Waals surface area contributed by atoms with Crippen LogP contribution >= 0.6 is 11.3 Å². The van der Waals surface area contributed by atoms with E-state index < -0.39 is 0 Å². The zero-order valence-corrected chi connectivity index (χ0v) is 12.0. The first-order valence-corrected chi connectivity index (χ1v) is 7.58. The van der Waals surface area contributed by atoms with Crippen molar-refractivity contribution in [3.63, 3.8) is 0 Å². The third-order valence-electron chi connectivity index (χ3n) is 4.10. The van der Waals surface area contributed by atoms with Gasteiger partial charge in [0, 0.05) is 4.88 Å². The minimum absolute atomic E-state index is 0.142. The lowest BCUT2D eigenvalue weighted by atomic mass is 9.76. The fourth-order valence-corrected chi connectivity index (χ4v) is 3.43. The highest BCUT2D eigenvalue weighted by atomic mass is 32.1. The van der Waals surface area contributed by atoms with Crippen molar-refractivity contribution >= 4 is 17.2 Å². The molecule has 100 valence electrons. The fraction of sp³-hybridized carbons (Fsp3) is 0.643. The molecule has 0 spiro atoms. The Morgan fingerprint density at radius 1 is 1.50 bits per heavy atom. The standard InChI is InChI=1S/C14H22N2OS/c1-3-14(5-7-15-8-6-14)13(17)16-10-12-11(2)4-9-18-12/h4,9,15H,3,5-8,10H2,1-2H3,(H,16,17). The molecule has 1 aliphatic rings. The van der Waals surface area contributed by atoms with E-state index in [1.807, 2.05) is 0 Å². The van der Waals surface area contributed by atoms with Crippen LogP contribution in [-0.4, -0.2) is 19.0 Å². The average Bonchev–Trinajstić information content (AvgIpc) is 2.82. The van der Waals surface area contributed by atoms with Gasteiger partial charge in [0.05, 0.1) is 12.0 Å². The molecule has 3 nitrogen and oxygen atoms in total. The zero-order chi connectivity index (χ0) is 13.0. The van der Waals surface area contributed by atoms with Gasteiger partial charge in [-0.25, -0.2) is 0 Å². The quantitative estimate of drug-likeness (QED) is 0.879. The second kappa shape index (κ2) is 5.85. The molecule has 2 N–H and O–H groups in total. The lowest BCUT2D eigenvalue weighted by molar-refractivity contribution is -0.133. The van der Waals surface area contributed by atoms with Gasteiger partial charge in [0.2, 0.25) is 5.91 Å². The predicted octanol–water partition coefficient (Wildman–Crippen LogP) is 2.45. The Hall–Kier alpha value is -0.870. The molecule has 0 radical (unpaired) electrons. The average molecular weight is 266 g/mol. The topological polar surface area (TPSA) is 41.1 Å². The second-order valence-corrected chi connectivity index (χ2v) is 6.09. The van der Waals surface area contributed by atoms with Crippen LogP contribution in [0.5, 0.6) is 0 Å². The van der Waals surface area contributed by atoms with E-state index >= 15 is 0 Å². The van der Waals surface area contributed by atoms with Crippen LogP contribution in [0, 0.1) is 12.3 Å². The first kappa shape index (κ1) is 13.6. The Kier molecular flexibility index (Phi) is 4.40. The predicted molar refractivity (Wildman–Crippen MR) is 75.7 cm³/mol. The summed E-state index contributed by atoms with van der Waals surface area (Å²) in [5.41, 5.74) is 1.13. The van der Waals surface area contributed by atoms with Gasteiger partial charge in [-0.1, -0.05) is 6.92 Å². The molecule has 1 aromatic heterocycles. The smallest absolute Gasteiger partial charge is 0.226 e. The molecule has 2 heterocycles. The molecule has 0 atom stereocenters. The lowest BCUT2D eigenvalue weighted by Crippen LogP contribution is -2.47. The number of hydrogen-bond acceptors (Lipinski definition) is 3. The van der Waals surface area contributed by atoms with E-state index in [4.69, 9.17) is 0 Å². The van der Waals surface area contributed by atoms with Crippen molar-refractivity contribution < 1.29 is 4.79 Å². The molecule has 0 aromatic carbocycles. The summed E-state index contributed by atoms with van der Waals surface area (Å²) in [6.45, 7) is 6.81. The van der Waals surface area contributed by atoms with Crippen LogP contribution in [0.25, 0.3) is 0 Å². The molecule has 2 rings (SSSR count). The third kappa shape index (κ3) is 2.75. The van der Waals surface area contributed by atoms with Crippen LogP contribution < -0.4 is 10.6 Å². The van der Waals surface area contributed by atoms with Gasteiger partial charge >= 0.3 is 0 Å². The molecular weight excluding hydrogens is 244 g/mol. The molecule has 1 aliphatic heterocycles. The number of aryl methyl sites for hydroxylation is 1. The molecular formula is C14H22N2OS. The Labute approximate surface area is 113 Å². The Morgan fingerprint density at radius 2 is 2.22 bits per heavy atom. The maximum atomic E-state index is 12.4. The molecule has 0 saturated carbocycles. The maximum Gasteiger partial charge on any atom is 0.226 e. The number of carbonyl (C=O) groups excluding carboxylic acids is 1. The minimum Gasteiger partial charge on any atom is -0.351 e. The van der Waals surface area contributed by atoms with E-state index in [-0.39, 0.29) is 11.3 Å². The molecule has 0 bridgehead atoms. The van der Waals surface area contributed by atoms with Crippen molar-refractivity contribution in [3.05, 3.63) is 21.9 Å². The van der Waals surface area contributed by atoms with Crippen LogP contribution in [0.2, 0.25) is 0 Å². The lowest BCUT2D eigenvalue weighted by Gasteiger charge is -2.35. The van der Waals surface area contributed by atoms with Gasteiger partial charge in [0.15, 0.2) is 0 Å². The minimum atomic E-state index is -0.142. The highest BCUT2D eigenvalue weighted by Gasteiger charge is 2.37. The molecule has 0 unspecified atom stereocenters. The van der Waals surface area contributed by atoms with E-state index in [9.17, 15) is 4.79 Å². The monoisotopic (exact) mass is 266 g/mol. The Bertz CT molecular complexity index is 408. The number of nitrogens with one attached hydrogen (secondary N) is 2. The van der Waals surface area contributed by atoms with E-state index in [1.54, 1.807) is 11.3 Å². The normalized spacial score (nSPS) is 18.6. The van der Waals surface area contributed by atoms with Gasteiger partial charge in [-0.05, 0) is 56.3 Å². The number of thiophene rings is 1. The van der Waals surface area contributed by atoms with E-state index in [2.05, 4.69) is 35.9 Å². The Balaban J connectivity index is 1.96. The number of hydrogen-bond donors (Lipinski definition) is 2. The van der Waals surface area contributed by atoms with Crippen LogP contribution in [0.4, 0.5) is 0 Å². The van der Waals surface area contributed by atoms with Crippen LogP contribution in [0.1, 0.15) is 36.6 Å². The summed E-state index contributed by atoms with van der Waals surface area (Å²) in [4.78, 5) is 13.7. The molecule has 1 aromatic rings. The van der Waals surface area contributed by atoms with Crippen LogP contribution in [-0.2, 0) is 11.3 Å². The first-order valence-electron chi connectivity index (χ1n) is 6.70.